The third-order valence-corrected chi connectivity index (χ3v) is 3.15. The van der Waals surface area contributed by atoms with Crippen LogP contribution >= 0.6 is 0 Å². The average Bonchev–Trinajstić information content (AvgIpc) is 2.79. The molecule has 2 aromatic rings. The van der Waals surface area contributed by atoms with Gasteiger partial charge in [0.2, 0.25) is 0 Å². The Bertz CT molecular complexity index is 697. The largest absolute Gasteiger partial charge is 0.496 e. The number of aromatic nitrogens is 2. The van der Waals surface area contributed by atoms with E-state index in [1.165, 1.54) is 7.11 Å². The lowest BCUT2D eigenvalue weighted by atomic mass is 9.96. The highest BCUT2D eigenvalue weighted by Crippen LogP contribution is 2.32. The van der Waals surface area contributed by atoms with Gasteiger partial charge >= 0.3 is 5.97 Å². The van der Waals surface area contributed by atoms with Crippen LogP contribution in [0.4, 0.5) is 0 Å². The van der Waals surface area contributed by atoms with Crippen LogP contribution in [0.25, 0.3) is 11.1 Å². The van der Waals surface area contributed by atoms with E-state index >= 15 is 0 Å². The maximum Gasteiger partial charge on any atom is 0.354 e. The monoisotopic (exact) mass is 276 g/mol. The summed E-state index contributed by atoms with van der Waals surface area (Å²) in [4.78, 5) is 23.1. The minimum absolute atomic E-state index is 0.0804. The van der Waals surface area contributed by atoms with Gasteiger partial charge in [0.25, 0.3) is 5.56 Å². The average molecular weight is 276 g/mol. The van der Waals surface area contributed by atoms with Gasteiger partial charge in [-0.3, -0.25) is 15.0 Å². The third kappa shape index (κ3) is 2.32. The number of H-pyrrole nitrogens is 2. The minimum Gasteiger partial charge on any atom is -0.496 e. The Hall–Kier alpha value is -2.50. The highest BCUT2D eigenvalue weighted by molar-refractivity contribution is 5.94. The first-order chi connectivity index (χ1) is 9.45. The lowest BCUT2D eigenvalue weighted by Crippen LogP contribution is -2.06. The fourth-order valence-electron chi connectivity index (χ4n) is 2.06. The molecule has 0 radical (unpaired) electrons. The highest BCUT2D eigenvalue weighted by Gasteiger charge is 2.21. The van der Waals surface area contributed by atoms with Crippen molar-refractivity contribution in [2.75, 3.05) is 7.11 Å². The second-order valence-electron chi connectivity index (χ2n) is 4.75. The highest BCUT2D eigenvalue weighted by atomic mass is 16.5. The number of aromatic carboxylic acids is 1. The van der Waals surface area contributed by atoms with Gasteiger partial charge in [-0.15, -0.1) is 0 Å². The maximum absolute atomic E-state index is 11.9. The number of nitrogens with one attached hydrogen (secondary N) is 2. The quantitative estimate of drug-likeness (QED) is 0.797. The molecular weight excluding hydrogens is 260 g/mol. The molecule has 20 heavy (non-hydrogen) atoms. The van der Waals surface area contributed by atoms with Gasteiger partial charge in [-0.1, -0.05) is 19.9 Å². The van der Waals surface area contributed by atoms with Gasteiger partial charge in [0.15, 0.2) is 5.69 Å². The molecule has 6 heteroatoms. The third-order valence-electron chi connectivity index (χ3n) is 3.15. The Labute approximate surface area is 115 Å². The summed E-state index contributed by atoms with van der Waals surface area (Å²) in [6, 6.07) is 5.42. The van der Waals surface area contributed by atoms with Crippen LogP contribution in [0, 0.1) is 0 Å². The van der Waals surface area contributed by atoms with Gasteiger partial charge in [0, 0.05) is 5.56 Å². The number of carboxylic acids is 1. The van der Waals surface area contributed by atoms with Crippen molar-refractivity contribution in [2.45, 2.75) is 19.8 Å². The van der Waals surface area contributed by atoms with Gasteiger partial charge < -0.3 is 9.84 Å². The molecule has 2 rings (SSSR count). The zero-order valence-electron chi connectivity index (χ0n) is 11.5. The molecule has 1 aromatic heterocycles. The first kappa shape index (κ1) is 13.9. The van der Waals surface area contributed by atoms with Gasteiger partial charge in [-0.2, -0.15) is 0 Å². The van der Waals surface area contributed by atoms with E-state index in [2.05, 4.69) is 10.2 Å². The Morgan fingerprint density at radius 1 is 1.30 bits per heavy atom. The summed E-state index contributed by atoms with van der Waals surface area (Å²) in [5.74, 6) is -0.483. The number of rotatable bonds is 4. The normalized spacial score (nSPS) is 10.8. The smallest absolute Gasteiger partial charge is 0.354 e. The summed E-state index contributed by atoms with van der Waals surface area (Å²) in [5.41, 5.74) is 0.893. The van der Waals surface area contributed by atoms with Crippen LogP contribution in [0.5, 0.6) is 5.75 Å². The molecule has 1 heterocycles. The number of methoxy groups -OCH3 is 1. The number of carboxylic acid groups (broad SMARTS) is 1. The van der Waals surface area contributed by atoms with E-state index in [1.54, 1.807) is 12.1 Å². The Balaban J connectivity index is 2.74. The predicted octanol–water partition coefficient (Wildman–Crippen LogP) is 2.20. The molecule has 3 N–H and O–H groups in total. The first-order valence-electron chi connectivity index (χ1n) is 6.18. The van der Waals surface area contributed by atoms with Crippen molar-refractivity contribution in [3.8, 4) is 16.9 Å². The molecule has 106 valence electrons. The zero-order chi connectivity index (χ0) is 14.9. The van der Waals surface area contributed by atoms with Gasteiger partial charge in [0.05, 0.1) is 12.7 Å². The molecule has 0 amide bonds. The maximum atomic E-state index is 11.9. The van der Waals surface area contributed by atoms with Crippen molar-refractivity contribution in [1.82, 2.24) is 10.2 Å². The van der Waals surface area contributed by atoms with E-state index in [0.717, 1.165) is 5.56 Å². The van der Waals surface area contributed by atoms with Crippen LogP contribution in [-0.2, 0) is 0 Å². The van der Waals surface area contributed by atoms with Crippen LogP contribution in [-0.4, -0.2) is 28.4 Å². The van der Waals surface area contributed by atoms with Crippen molar-refractivity contribution in [3.63, 3.8) is 0 Å². The molecule has 0 saturated heterocycles. The molecule has 0 aliphatic rings. The van der Waals surface area contributed by atoms with Crippen molar-refractivity contribution in [1.29, 1.82) is 0 Å². The van der Waals surface area contributed by atoms with Crippen LogP contribution < -0.4 is 10.3 Å². The fraction of sp³-hybridized carbons (Fsp3) is 0.286. The van der Waals surface area contributed by atoms with E-state index < -0.39 is 11.5 Å². The number of aromatic amines is 2. The van der Waals surface area contributed by atoms with Gasteiger partial charge in [0.1, 0.15) is 5.75 Å². The molecule has 0 fully saturated rings. The van der Waals surface area contributed by atoms with Crippen LogP contribution in [0.1, 0.15) is 35.8 Å². The molecule has 0 bridgehead atoms. The number of ether oxygens (including phenoxy) is 1. The molecule has 1 aromatic carbocycles. The molecule has 6 nitrogen and oxygen atoms in total. The van der Waals surface area contributed by atoms with E-state index in [4.69, 9.17) is 9.84 Å². The summed E-state index contributed by atoms with van der Waals surface area (Å²) in [5, 5.41) is 13.8. The Kier molecular flexibility index (Phi) is 3.65. The van der Waals surface area contributed by atoms with E-state index in [-0.39, 0.29) is 17.2 Å². The summed E-state index contributed by atoms with van der Waals surface area (Å²) >= 11 is 0. The lowest BCUT2D eigenvalue weighted by molar-refractivity contribution is 0.0691. The molecule has 0 aliphatic heterocycles. The standard InChI is InChI=1S/C14H16N2O4/c1-7(2)8-4-5-10(20-3)9(6-8)11-12(14(18)19)15-16-13(11)17/h4-7H,1-3H3,(H,18,19)(H2,15,16,17). The van der Waals surface area contributed by atoms with Crippen molar-refractivity contribution >= 4 is 5.97 Å². The topological polar surface area (TPSA) is 95.2 Å². The van der Waals surface area contributed by atoms with Crippen LogP contribution in [0.3, 0.4) is 0 Å². The number of hydrogen-bond acceptors (Lipinski definition) is 3. The predicted molar refractivity (Wildman–Crippen MR) is 74.4 cm³/mol. The Morgan fingerprint density at radius 3 is 2.55 bits per heavy atom. The lowest BCUT2D eigenvalue weighted by Gasteiger charge is -2.12. The molecular formula is C14H16N2O4. The van der Waals surface area contributed by atoms with Crippen molar-refractivity contribution in [2.24, 2.45) is 0 Å². The molecule has 0 atom stereocenters. The number of benzene rings is 1. The second-order valence-corrected chi connectivity index (χ2v) is 4.75. The van der Waals surface area contributed by atoms with Crippen LogP contribution in [0.15, 0.2) is 23.0 Å². The summed E-state index contributed by atoms with van der Waals surface area (Å²) < 4.78 is 5.23. The Morgan fingerprint density at radius 2 is 2.00 bits per heavy atom. The van der Waals surface area contributed by atoms with Gasteiger partial charge in [-0.25, -0.2) is 4.79 Å². The fourth-order valence-corrected chi connectivity index (χ4v) is 2.06. The summed E-state index contributed by atoms with van der Waals surface area (Å²) in [7, 11) is 1.48. The van der Waals surface area contributed by atoms with Crippen molar-refractivity contribution < 1.29 is 14.6 Å². The molecule has 0 aliphatic carbocycles. The minimum atomic E-state index is -1.20. The second kappa shape index (κ2) is 5.24. The summed E-state index contributed by atoms with van der Waals surface area (Å²) in [6.45, 7) is 4.04. The van der Waals surface area contributed by atoms with Crippen molar-refractivity contribution in [3.05, 3.63) is 39.8 Å². The van der Waals surface area contributed by atoms with E-state index in [0.29, 0.717) is 11.3 Å². The first-order valence-corrected chi connectivity index (χ1v) is 6.18. The number of carbonyl (C=O) groups is 1. The van der Waals surface area contributed by atoms with E-state index in [1.807, 2.05) is 19.9 Å². The molecule has 0 unspecified atom stereocenters. The van der Waals surface area contributed by atoms with Gasteiger partial charge in [-0.05, 0) is 23.6 Å². The summed E-state index contributed by atoms with van der Waals surface area (Å²) in [6.07, 6.45) is 0. The van der Waals surface area contributed by atoms with Crippen LogP contribution in [0.2, 0.25) is 0 Å². The molecule has 0 saturated carbocycles. The van der Waals surface area contributed by atoms with E-state index in [9.17, 15) is 9.59 Å². The SMILES string of the molecule is COc1ccc(C(C)C)cc1-c1c(C(=O)O)[nH][nH]c1=O. The zero-order valence-corrected chi connectivity index (χ0v) is 11.5. The number of hydrogen-bond donors (Lipinski definition) is 3. The molecule has 0 spiro atoms.